The minimum absolute atomic E-state index is 0.198. The first-order valence-electron chi connectivity index (χ1n) is 6.78. The molecule has 1 aromatic carbocycles. The van der Waals surface area contributed by atoms with E-state index in [0.717, 1.165) is 22.2 Å². The van der Waals surface area contributed by atoms with Crippen LogP contribution in [0.25, 0.3) is 11.3 Å². The van der Waals surface area contributed by atoms with Crippen LogP contribution in [0, 0.1) is 0 Å². The van der Waals surface area contributed by atoms with Crippen LogP contribution < -0.4 is 5.73 Å². The molecule has 2 aromatic heterocycles. The predicted molar refractivity (Wildman–Crippen MR) is 85.4 cm³/mol. The van der Waals surface area contributed by atoms with E-state index >= 15 is 0 Å². The average molecular weight is 313 g/mol. The van der Waals surface area contributed by atoms with Gasteiger partial charge in [0.25, 0.3) is 0 Å². The Morgan fingerprint density at radius 2 is 2.05 bits per heavy atom. The molecule has 2 N–H and O–H groups in total. The smallest absolute Gasteiger partial charge is 0.227 e. The summed E-state index contributed by atoms with van der Waals surface area (Å²) in [6.45, 7) is 0.554. The maximum atomic E-state index is 11.0. The van der Waals surface area contributed by atoms with Crippen LogP contribution in [0.3, 0.4) is 0 Å². The van der Waals surface area contributed by atoms with Crippen molar-refractivity contribution >= 4 is 17.7 Å². The molecule has 112 valence electrons. The maximum Gasteiger partial charge on any atom is 0.227 e. The van der Waals surface area contributed by atoms with E-state index in [1.54, 1.807) is 6.26 Å². The van der Waals surface area contributed by atoms with Gasteiger partial charge in [0.15, 0.2) is 5.16 Å². The van der Waals surface area contributed by atoms with Gasteiger partial charge in [-0.15, -0.1) is 0 Å². The van der Waals surface area contributed by atoms with Gasteiger partial charge in [0, 0.05) is 0 Å². The molecule has 0 bridgehead atoms. The van der Waals surface area contributed by atoms with Gasteiger partial charge in [-0.25, -0.2) is 4.98 Å². The lowest BCUT2D eigenvalue weighted by Gasteiger charge is -2.10. The molecule has 2 heterocycles. The maximum absolute atomic E-state index is 11.0. The summed E-state index contributed by atoms with van der Waals surface area (Å²) in [5, 5.41) is 0.744. The van der Waals surface area contributed by atoms with Crippen molar-refractivity contribution in [2.75, 3.05) is 5.75 Å². The Hall–Kier alpha value is -2.47. The Morgan fingerprint density at radius 1 is 1.23 bits per heavy atom. The third-order valence-corrected chi connectivity index (χ3v) is 4.14. The summed E-state index contributed by atoms with van der Waals surface area (Å²) in [5.41, 5.74) is 7.27. The highest BCUT2D eigenvalue weighted by Gasteiger charge is 2.14. The Kier molecular flexibility index (Phi) is 4.29. The van der Waals surface area contributed by atoms with Crippen LogP contribution in [0.1, 0.15) is 5.76 Å². The molecule has 0 saturated carbocycles. The SMILES string of the molecule is NC(=O)CSc1ncc(-c2ccccc2)n1Cc1ccco1. The number of nitrogens with zero attached hydrogens (tertiary/aromatic N) is 2. The molecule has 3 aromatic rings. The van der Waals surface area contributed by atoms with Gasteiger partial charge in [-0.2, -0.15) is 0 Å². The van der Waals surface area contributed by atoms with Gasteiger partial charge >= 0.3 is 0 Å². The molecule has 0 spiro atoms. The molecule has 5 nitrogen and oxygen atoms in total. The van der Waals surface area contributed by atoms with E-state index in [4.69, 9.17) is 10.2 Å². The number of hydrogen-bond acceptors (Lipinski definition) is 4. The van der Waals surface area contributed by atoms with E-state index in [0.29, 0.717) is 6.54 Å². The van der Waals surface area contributed by atoms with E-state index in [9.17, 15) is 4.79 Å². The van der Waals surface area contributed by atoms with Gasteiger partial charge < -0.3 is 14.7 Å². The average Bonchev–Trinajstić information content (AvgIpc) is 3.16. The minimum Gasteiger partial charge on any atom is -0.467 e. The molecule has 22 heavy (non-hydrogen) atoms. The summed E-state index contributed by atoms with van der Waals surface area (Å²) in [4.78, 5) is 15.4. The van der Waals surface area contributed by atoms with Gasteiger partial charge in [0.1, 0.15) is 5.76 Å². The molecule has 0 saturated heterocycles. The van der Waals surface area contributed by atoms with Crippen LogP contribution in [0.5, 0.6) is 0 Å². The van der Waals surface area contributed by atoms with Gasteiger partial charge in [-0.05, 0) is 17.7 Å². The Morgan fingerprint density at radius 3 is 2.73 bits per heavy atom. The van der Waals surface area contributed by atoms with Crippen molar-refractivity contribution in [3.8, 4) is 11.3 Å². The summed E-state index contributed by atoms with van der Waals surface area (Å²) in [7, 11) is 0. The van der Waals surface area contributed by atoms with Crippen molar-refractivity contribution in [2.24, 2.45) is 5.73 Å². The molecule has 0 aliphatic heterocycles. The lowest BCUT2D eigenvalue weighted by Crippen LogP contribution is -2.14. The normalized spacial score (nSPS) is 10.7. The van der Waals surface area contributed by atoms with E-state index in [-0.39, 0.29) is 11.7 Å². The van der Waals surface area contributed by atoms with E-state index < -0.39 is 0 Å². The molecule has 0 fully saturated rings. The van der Waals surface area contributed by atoms with Crippen molar-refractivity contribution in [3.63, 3.8) is 0 Å². The highest BCUT2D eigenvalue weighted by atomic mass is 32.2. The van der Waals surface area contributed by atoms with E-state index in [1.165, 1.54) is 11.8 Å². The fraction of sp³-hybridized carbons (Fsp3) is 0.125. The molecule has 0 aliphatic carbocycles. The number of imidazole rings is 1. The van der Waals surface area contributed by atoms with Crippen molar-refractivity contribution in [3.05, 3.63) is 60.7 Å². The van der Waals surface area contributed by atoms with E-state index in [1.807, 2.05) is 53.2 Å². The summed E-state index contributed by atoms with van der Waals surface area (Å²) >= 11 is 1.33. The highest BCUT2D eigenvalue weighted by Crippen LogP contribution is 2.27. The second-order valence-electron chi connectivity index (χ2n) is 4.71. The number of amides is 1. The Bertz CT molecular complexity index is 751. The number of thioether (sulfide) groups is 1. The number of carbonyl (C=O) groups excluding carboxylic acids is 1. The second kappa shape index (κ2) is 6.53. The molecule has 0 atom stereocenters. The third kappa shape index (κ3) is 3.23. The van der Waals surface area contributed by atoms with Gasteiger partial charge in [0.2, 0.25) is 5.91 Å². The zero-order valence-electron chi connectivity index (χ0n) is 11.8. The fourth-order valence-electron chi connectivity index (χ4n) is 2.16. The molecular formula is C16H15N3O2S. The quantitative estimate of drug-likeness (QED) is 0.710. The highest BCUT2D eigenvalue weighted by molar-refractivity contribution is 7.99. The largest absolute Gasteiger partial charge is 0.467 e. The standard InChI is InChI=1S/C16H15N3O2S/c17-15(20)11-22-16-18-9-14(12-5-2-1-3-6-12)19(16)10-13-7-4-8-21-13/h1-9H,10-11H2,(H2,17,20). The van der Waals surface area contributed by atoms with Crippen molar-refractivity contribution in [2.45, 2.75) is 11.7 Å². The minimum atomic E-state index is -0.362. The van der Waals surface area contributed by atoms with Crippen molar-refractivity contribution in [1.82, 2.24) is 9.55 Å². The van der Waals surface area contributed by atoms with Gasteiger partial charge in [0.05, 0.1) is 30.5 Å². The first kappa shape index (κ1) is 14.5. The molecule has 6 heteroatoms. The third-order valence-electron chi connectivity index (χ3n) is 3.13. The van der Waals surface area contributed by atoms with Crippen LogP contribution in [-0.4, -0.2) is 21.2 Å². The number of nitrogens with two attached hydrogens (primary N) is 1. The van der Waals surface area contributed by atoms with Crippen molar-refractivity contribution in [1.29, 1.82) is 0 Å². The van der Waals surface area contributed by atoms with Gasteiger partial charge in [-0.1, -0.05) is 42.1 Å². The number of primary amides is 1. The summed E-state index contributed by atoms with van der Waals surface area (Å²) in [5.74, 6) is 0.665. The Balaban J connectivity index is 1.97. The van der Waals surface area contributed by atoms with Gasteiger partial charge in [-0.3, -0.25) is 4.79 Å². The van der Waals surface area contributed by atoms with Crippen LogP contribution in [-0.2, 0) is 11.3 Å². The molecule has 1 amide bonds. The zero-order valence-corrected chi connectivity index (χ0v) is 12.6. The van der Waals surface area contributed by atoms with Crippen LogP contribution in [0.4, 0.5) is 0 Å². The molecule has 0 unspecified atom stereocenters. The van der Waals surface area contributed by atoms with E-state index in [2.05, 4.69) is 4.98 Å². The molecule has 0 radical (unpaired) electrons. The predicted octanol–water partition coefficient (Wildman–Crippen LogP) is 2.77. The Labute approximate surface area is 132 Å². The number of rotatable bonds is 6. The van der Waals surface area contributed by atoms with Crippen LogP contribution in [0.2, 0.25) is 0 Å². The summed E-state index contributed by atoms with van der Waals surface area (Å²) < 4.78 is 7.46. The zero-order chi connectivity index (χ0) is 15.4. The van der Waals surface area contributed by atoms with Crippen LogP contribution >= 0.6 is 11.8 Å². The number of hydrogen-bond donors (Lipinski definition) is 1. The lowest BCUT2D eigenvalue weighted by atomic mass is 10.2. The number of furan rings is 1. The molecule has 0 aliphatic rings. The number of benzene rings is 1. The number of aromatic nitrogens is 2. The first-order valence-corrected chi connectivity index (χ1v) is 7.77. The second-order valence-corrected chi connectivity index (χ2v) is 5.66. The number of carbonyl (C=O) groups is 1. The van der Waals surface area contributed by atoms with Crippen LogP contribution in [0.15, 0.2) is 64.5 Å². The lowest BCUT2D eigenvalue weighted by molar-refractivity contribution is -0.115. The fourth-order valence-corrected chi connectivity index (χ4v) is 2.88. The molecular weight excluding hydrogens is 298 g/mol. The molecule has 3 rings (SSSR count). The monoisotopic (exact) mass is 313 g/mol. The topological polar surface area (TPSA) is 74.1 Å². The summed E-state index contributed by atoms with van der Waals surface area (Å²) in [6.07, 6.45) is 3.45. The summed E-state index contributed by atoms with van der Waals surface area (Å²) in [6, 6.07) is 13.8. The van der Waals surface area contributed by atoms with Crippen molar-refractivity contribution < 1.29 is 9.21 Å². The first-order chi connectivity index (χ1) is 10.7.